The lowest BCUT2D eigenvalue weighted by molar-refractivity contribution is 0.0521. The maximum absolute atomic E-state index is 12.1. The Hall–Kier alpha value is -2.78. The van der Waals surface area contributed by atoms with E-state index in [1.165, 1.54) is 23.0 Å². The zero-order valence-electron chi connectivity index (χ0n) is 12.7. The highest BCUT2D eigenvalue weighted by Crippen LogP contribution is 2.22. The van der Waals surface area contributed by atoms with Crippen molar-refractivity contribution in [3.05, 3.63) is 48.4 Å². The van der Waals surface area contributed by atoms with Crippen LogP contribution in [-0.2, 0) is 14.8 Å². The standard InChI is InChI=1S/C15H14N4O4S/c1-2-23-15(20)14-12-9-17-8-7-13(12)19(18-14)10-3-5-11(6-4-10)24(16,21)22/h3-9H,2H2,1H3,(H2,16,21,22). The summed E-state index contributed by atoms with van der Waals surface area (Å²) in [6, 6.07) is 7.58. The van der Waals surface area contributed by atoms with Crippen LogP contribution in [0.1, 0.15) is 17.4 Å². The van der Waals surface area contributed by atoms with Gasteiger partial charge < -0.3 is 4.74 Å². The van der Waals surface area contributed by atoms with E-state index in [1.807, 2.05) is 0 Å². The molecule has 3 rings (SSSR count). The van der Waals surface area contributed by atoms with Crippen LogP contribution in [0.4, 0.5) is 0 Å². The zero-order chi connectivity index (χ0) is 17.3. The highest BCUT2D eigenvalue weighted by Gasteiger charge is 2.19. The van der Waals surface area contributed by atoms with Gasteiger partial charge in [0.05, 0.1) is 28.1 Å². The van der Waals surface area contributed by atoms with Gasteiger partial charge >= 0.3 is 5.97 Å². The Morgan fingerprint density at radius 1 is 1.25 bits per heavy atom. The summed E-state index contributed by atoms with van der Waals surface area (Å²) < 4.78 is 29.2. The third-order valence-corrected chi connectivity index (χ3v) is 4.29. The molecule has 2 heterocycles. The van der Waals surface area contributed by atoms with E-state index in [0.29, 0.717) is 16.6 Å². The minimum absolute atomic E-state index is 0.00463. The minimum Gasteiger partial charge on any atom is -0.461 e. The molecule has 2 N–H and O–H groups in total. The van der Waals surface area contributed by atoms with Gasteiger partial charge in [0.25, 0.3) is 0 Å². The summed E-state index contributed by atoms with van der Waals surface area (Å²) in [4.78, 5) is 16.1. The lowest BCUT2D eigenvalue weighted by atomic mass is 10.2. The number of nitrogens with two attached hydrogens (primary N) is 1. The van der Waals surface area contributed by atoms with Crippen LogP contribution in [0, 0.1) is 0 Å². The molecule has 0 saturated heterocycles. The molecule has 0 unspecified atom stereocenters. The Bertz CT molecular complexity index is 1010. The highest BCUT2D eigenvalue weighted by atomic mass is 32.2. The molecule has 2 aromatic heterocycles. The number of carbonyl (C=O) groups excluding carboxylic acids is 1. The van der Waals surface area contributed by atoms with E-state index in [4.69, 9.17) is 9.88 Å². The first kappa shape index (κ1) is 16.1. The molecule has 0 saturated carbocycles. The van der Waals surface area contributed by atoms with E-state index < -0.39 is 16.0 Å². The average Bonchev–Trinajstić information content (AvgIpc) is 2.94. The SMILES string of the molecule is CCOC(=O)c1nn(-c2ccc(S(N)(=O)=O)cc2)c2ccncc12. The molecule has 0 bridgehead atoms. The van der Waals surface area contributed by atoms with Crippen molar-refractivity contribution >= 4 is 26.9 Å². The van der Waals surface area contributed by atoms with Crippen LogP contribution >= 0.6 is 0 Å². The monoisotopic (exact) mass is 346 g/mol. The molecule has 0 amide bonds. The van der Waals surface area contributed by atoms with Gasteiger partial charge in [-0.05, 0) is 37.3 Å². The van der Waals surface area contributed by atoms with Crippen molar-refractivity contribution in [2.75, 3.05) is 6.61 Å². The first-order valence-corrected chi connectivity index (χ1v) is 8.59. The van der Waals surface area contributed by atoms with Crippen LogP contribution in [0.15, 0.2) is 47.6 Å². The van der Waals surface area contributed by atoms with E-state index in [-0.39, 0.29) is 17.2 Å². The van der Waals surface area contributed by atoms with Crippen molar-refractivity contribution in [2.24, 2.45) is 5.14 Å². The molecule has 1 aromatic carbocycles. The fourth-order valence-corrected chi connectivity index (χ4v) is 2.80. The minimum atomic E-state index is -3.77. The van der Waals surface area contributed by atoms with E-state index in [2.05, 4.69) is 10.1 Å². The van der Waals surface area contributed by atoms with Crippen LogP contribution < -0.4 is 5.14 Å². The van der Waals surface area contributed by atoms with Crippen molar-refractivity contribution in [3.8, 4) is 5.69 Å². The second-order valence-electron chi connectivity index (χ2n) is 4.91. The summed E-state index contributed by atoms with van der Waals surface area (Å²) in [6.45, 7) is 1.94. The summed E-state index contributed by atoms with van der Waals surface area (Å²) in [7, 11) is -3.77. The van der Waals surface area contributed by atoms with Gasteiger partial charge in [-0.1, -0.05) is 0 Å². The van der Waals surface area contributed by atoms with Crippen molar-refractivity contribution in [1.82, 2.24) is 14.8 Å². The van der Waals surface area contributed by atoms with Crippen molar-refractivity contribution in [3.63, 3.8) is 0 Å². The third kappa shape index (κ3) is 2.86. The first-order valence-electron chi connectivity index (χ1n) is 7.05. The molecule has 0 fully saturated rings. The Kier molecular flexibility index (Phi) is 4.04. The maximum Gasteiger partial charge on any atom is 0.359 e. The number of ether oxygens (including phenoxy) is 1. The maximum atomic E-state index is 12.1. The van der Waals surface area contributed by atoms with E-state index in [1.54, 1.807) is 31.3 Å². The predicted molar refractivity (Wildman–Crippen MR) is 86.2 cm³/mol. The molecule has 0 radical (unpaired) electrons. The number of hydrogen-bond donors (Lipinski definition) is 1. The van der Waals surface area contributed by atoms with Gasteiger partial charge in [0.1, 0.15) is 0 Å². The number of primary sulfonamides is 1. The second kappa shape index (κ2) is 6.02. The number of rotatable bonds is 4. The molecule has 0 atom stereocenters. The van der Waals surface area contributed by atoms with Crippen molar-refractivity contribution in [1.29, 1.82) is 0 Å². The fourth-order valence-electron chi connectivity index (χ4n) is 2.29. The van der Waals surface area contributed by atoms with E-state index in [9.17, 15) is 13.2 Å². The van der Waals surface area contributed by atoms with Gasteiger partial charge in [-0.15, -0.1) is 0 Å². The molecule has 0 aliphatic rings. The first-order chi connectivity index (χ1) is 11.4. The number of pyridine rings is 1. The van der Waals surface area contributed by atoms with Crippen LogP contribution in [0.25, 0.3) is 16.6 Å². The number of carbonyl (C=O) groups is 1. The summed E-state index contributed by atoms with van der Waals surface area (Å²) in [5, 5.41) is 9.93. The smallest absolute Gasteiger partial charge is 0.359 e. The Balaban J connectivity index is 2.15. The molecule has 3 aromatic rings. The van der Waals surface area contributed by atoms with Crippen LogP contribution in [0.2, 0.25) is 0 Å². The van der Waals surface area contributed by atoms with Gasteiger partial charge in [0.15, 0.2) is 5.69 Å². The van der Waals surface area contributed by atoms with Gasteiger partial charge in [0.2, 0.25) is 10.0 Å². The number of hydrogen-bond acceptors (Lipinski definition) is 6. The normalized spacial score (nSPS) is 11.6. The Labute approximate surface area is 137 Å². The lowest BCUT2D eigenvalue weighted by Crippen LogP contribution is -2.12. The molecular weight excluding hydrogens is 332 g/mol. The van der Waals surface area contributed by atoms with Crippen LogP contribution in [-0.4, -0.2) is 35.8 Å². The number of aromatic nitrogens is 3. The predicted octanol–water partition coefficient (Wildman–Crippen LogP) is 1.24. The molecule has 8 nitrogen and oxygen atoms in total. The molecule has 9 heteroatoms. The quantitative estimate of drug-likeness (QED) is 0.710. The Morgan fingerprint density at radius 2 is 1.96 bits per heavy atom. The van der Waals surface area contributed by atoms with Gasteiger partial charge in [-0.2, -0.15) is 5.10 Å². The number of esters is 1. The van der Waals surface area contributed by atoms with Gasteiger partial charge in [0, 0.05) is 12.4 Å². The summed E-state index contributed by atoms with van der Waals surface area (Å²) >= 11 is 0. The number of sulfonamides is 1. The third-order valence-electron chi connectivity index (χ3n) is 3.36. The van der Waals surface area contributed by atoms with Crippen LogP contribution in [0.5, 0.6) is 0 Å². The van der Waals surface area contributed by atoms with E-state index in [0.717, 1.165) is 0 Å². The second-order valence-corrected chi connectivity index (χ2v) is 6.47. The highest BCUT2D eigenvalue weighted by molar-refractivity contribution is 7.89. The van der Waals surface area contributed by atoms with E-state index >= 15 is 0 Å². The molecule has 0 spiro atoms. The molecule has 124 valence electrons. The van der Waals surface area contributed by atoms with Crippen molar-refractivity contribution < 1.29 is 17.9 Å². The lowest BCUT2D eigenvalue weighted by Gasteiger charge is -2.04. The summed E-state index contributed by atoms with van der Waals surface area (Å²) in [6.07, 6.45) is 3.11. The molecule has 24 heavy (non-hydrogen) atoms. The fraction of sp³-hybridized carbons (Fsp3) is 0.133. The number of nitrogens with zero attached hydrogens (tertiary/aromatic N) is 3. The summed E-state index contributed by atoms with van der Waals surface area (Å²) in [5.74, 6) is -0.546. The van der Waals surface area contributed by atoms with Gasteiger partial charge in [-0.25, -0.2) is 23.0 Å². The topological polar surface area (TPSA) is 117 Å². The number of fused-ring (bicyclic) bond motifs is 1. The summed E-state index contributed by atoms with van der Waals surface area (Å²) in [5.41, 5.74) is 1.38. The zero-order valence-corrected chi connectivity index (χ0v) is 13.5. The molecule has 0 aliphatic carbocycles. The van der Waals surface area contributed by atoms with Crippen LogP contribution in [0.3, 0.4) is 0 Å². The average molecular weight is 346 g/mol. The molecule has 0 aliphatic heterocycles. The number of benzene rings is 1. The molecular formula is C15H14N4O4S. The van der Waals surface area contributed by atoms with Gasteiger partial charge in [-0.3, -0.25) is 4.98 Å². The van der Waals surface area contributed by atoms with Crippen molar-refractivity contribution in [2.45, 2.75) is 11.8 Å². The largest absolute Gasteiger partial charge is 0.461 e. The Morgan fingerprint density at radius 3 is 2.58 bits per heavy atom.